The van der Waals surface area contributed by atoms with Crippen LogP contribution in [0.1, 0.15) is 45.4 Å². The van der Waals surface area contributed by atoms with Crippen molar-refractivity contribution in [3.05, 3.63) is 49.1 Å². The molecule has 0 bridgehead atoms. The van der Waals surface area contributed by atoms with E-state index in [1.807, 2.05) is 24.5 Å². The van der Waals surface area contributed by atoms with Gasteiger partial charge < -0.3 is 17.0 Å². The summed E-state index contributed by atoms with van der Waals surface area (Å²) in [7, 11) is 0. The van der Waals surface area contributed by atoms with Gasteiger partial charge in [-0.2, -0.15) is 0 Å². The molecule has 0 aliphatic heterocycles. The van der Waals surface area contributed by atoms with Crippen molar-refractivity contribution in [2.45, 2.75) is 52.0 Å². The Morgan fingerprint density at radius 1 is 0.818 bits per heavy atom. The maximum atomic E-state index is 4.05. The molecule has 0 radical (unpaired) electrons. The second-order valence-electron chi connectivity index (χ2n) is 5.33. The van der Waals surface area contributed by atoms with Crippen molar-refractivity contribution < 1.29 is 21.5 Å². The van der Waals surface area contributed by atoms with E-state index in [1.165, 1.54) is 49.7 Å². The Morgan fingerprint density at radius 2 is 1.36 bits per heavy atom. The minimum atomic E-state index is 0. The van der Waals surface area contributed by atoms with E-state index in [4.69, 9.17) is 0 Å². The first kappa shape index (κ1) is 21.3. The lowest BCUT2D eigenvalue weighted by atomic mass is 10.1. The lowest BCUT2D eigenvalue weighted by Crippen LogP contribution is -3.00. The maximum absolute atomic E-state index is 4.05. The van der Waals surface area contributed by atoms with Crippen molar-refractivity contribution in [2.24, 2.45) is 0 Å². The van der Waals surface area contributed by atoms with Gasteiger partial charge in [-0.05, 0) is 29.7 Å². The molecule has 0 aliphatic rings. The second kappa shape index (κ2) is 12.8. The molecule has 122 valence electrons. The van der Waals surface area contributed by atoms with Crippen LogP contribution in [0.5, 0.6) is 0 Å². The first-order chi connectivity index (χ1) is 9.90. The molecule has 0 N–H and O–H groups in total. The highest BCUT2D eigenvalue weighted by molar-refractivity contribution is 8.93. The molecule has 22 heavy (non-hydrogen) atoms. The van der Waals surface area contributed by atoms with Gasteiger partial charge >= 0.3 is 0 Å². The number of rotatable bonds is 8. The van der Waals surface area contributed by atoms with Crippen molar-refractivity contribution in [3.8, 4) is 11.1 Å². The quantitative estimate of drug-likeness (QED) is 0.463. The minimum Gasteiger partial charge on any atom is -1.00 e. The Morgan fingerprint density at radius 3 is 2.00 bits per heavy atom. The topological polar surface area (TPSA) is 16.8 Å². The molecule has 0 saturated heterocycles. The lowest BCUT2D eigenvalue weighted by molar-refractivity contribution is -0.697. The lowest BCUT2D eigenvalue weighted by Gasteiger charge is -2.01. The van der Waals surface area contributed by atoms with Gasteiger partial charge in [-0.15, -0.1) is 17.0 Å². The van der Waals surface area contributed by atoms with Crippen LogP contribution >= 0.6 is 17.0 Å². The van der Waals surface area contributed by atoms with Crippen molar-refractivity contribution >= 4 is 17.0 Å². The molecule has 0 atom stereocenters. The highest BCUT2D eigenvalue weighted by Gasteiger charge is 2.02. The highest BCUT2D eigenvalue weighted by atomic mass is 79.9. The van der Waals surface area contributed by atoms with Gasteiger partial charge in [0.25, 0.3) is 0 Å². The van der Waals surface area contributed by atoms with Crippen LogP contribution in [0.4, 0.5) is 0 Å². The zero-order valence-corrected chi connectivity index (χ0v) is 16.5. The largest absolute Gasteiger partial charge is 1.00 e. The molecule has 0 unspecified atom stereocenters. The van der Waals surface area contributed by atoms with E-state index in [0.29, 0.717) is 0 Å². The van der Waals surface area contributed by atoms with Gasteiger partial charge in [0.2, 0.25) is 0 Å². The Bertz CT molecular complexity index is 486. The summed E-state index contributed by atoms with van der Waals surface area (Å²) >= 11 is 0. The Kier molecular flexibility index (Phi) is 12.3. The number of halogens is 2. The van der Waals surface area contributed by atoms with E-state index in [-0.39, 0.29) is 34.0 Å². The number of aromatic nitrogens is 2. The van der Waals surface area contributed by atoms with Crippen LogP contribution in [-0.4, -0.2) is 4.98 Å². The summed E-state index contributed by atoms with van der Waals surface area (Å²) in [6.07, 6.45) is 16.1. The van der Waals surface area contributed by atoms with Gasteiger partial charge in [0, 0.05) is 30.9 Å². The van der Waals surface area contributed by atoms with Crippen molar-refractivity contribution in [3.63, 3.8) is 0 Å². The Balaban J connectivity index is 0.00000220. The number of hydrogen-bond acceptors (Lipinski definition) is 1. The summed E-state index contributed by atoms with van der Waals surface area (Å²) in [5.41, 5.74) is 2.48. The summed E-state index contributed by atoms with van der Waals surface area (Å²) < 4.78 is 2.28. The van der Waals surface area contributed by atoms with Crippen LogP contribution in [-0.2, 0) is 6.54 Å². The molecular weight excluding hydrogens is 404 g/mol. The van der Waals surface area contributed by atoms with E-state index < -0.39 is 0 Å². The fourth-order valence-corrected chi connectivity index (χ4v) is 2.42. The third-order valence-electron chi connectivity index (χ3n) is 3.67. The molecule has 0 aromatic carbocycles. The number of pyridine rings is 2. The van der Waals surface area contributed by atoms with Crippen LogP contribution in [0.15, 0.2) is 49.1 Å². The average molecular weight is 430 g/mol. The summed E-state index contributed by atoms with van der Waals surface area (Å²) in [6, 6.07) is 8.47. The fraction of sp³-hybridized carbons (Fsp3) is 0.444. The highest BCUT2D eigenvalue weighted by Crippen LogP contribution is 2.15. The maximum Gasteiger partial charge on any atom is 0.169 e. The summed E-state index contributed by atoms with van der Waals surface area (Å²) in [6.45, 7) is 3.39. The standard InChI is InChI=1S/C18H25N2.2BrH/c1-2-3-4-5-6-7-14-20-15-10-18(11-16-20)17-8-12-19-13-9-17;;/h8-13,15-16H,2-7,14H2,1H3;2*1H/q+1;;/p-1. The van der Waals surface area contributed by atoms with E-state index in [2.05, 4.69) is 41.0 Å². The number of unbranched alkanes of at least 4 members (excludes halogenated alkanes) is 5. The van der Waals surface area contributed by atoms with Crippen LogP contribution < -0.4 is 21.5 Å². The van der Waals surface area contributed by atoms with Gasteiger partial charge in [-0.25, -0.2) is 4.57 Å². The van der Waals surface area contributed by atoms with Crippen molar-refractivity contribution in [2.75, 3.05) is 0 Å². The summed E-state index contributed by atoms with van der Waals surface area (Å²) in [4.78, 5) is 4.05. The molecule has 2 aromatic heterocycles. The van der Waals surface area contributed by atoms with E-state index in [0.717, 1.165) is 6.54 Å². The van der Waals surface area contributed by atoms with Gasteiger partial charge in [0.15, 0.2) is 12.4 Å². The van der Waals surface area contributed by atoms with Gasteiger partial charge in [0.05, 0.1) is 0 Å². The molecule has 0 amide bonds. The first-order valence-corrected chi connectivity index (χ1v) is 7.79. The monoisotopic (exact) mass is 428 g/mol. The molecule has 2 nitrogen and oxygen atoms in total. The summed E-state index contributed by atoms with van der Waals surface area (Å²) in [5.74, 6) is 0. The smallest absolute Gasteiger partial charge is 0.169 e. The second-order valence-corrected chi connectivity index (χ2v) is 5.33. The minimum absolute atomic E-state index is 0. The SMILES string of the molecule is Br.CCCCCCCC[n+]1ccc(-c2ccncc2)cc1.[Br-]. The first-order valence-electron chi connectivity index (χ1n) is 7.79. The summed E-state index contributed by atoms with van der Waals surface area (Å²) in [5, 5.41) is 0. The third-order valence-corrected chi connectivity index (χ3v) is 3.67. The fourth-order valence-electron chi connectivity index (χ4n) is 2.42. The zero-order valence-electron chi connectivity index (χ0n) is 13.2. The molecule has 2 aromatic rings. The van der Waals surface area contributed by atoms with Crippen molar-refractivity contribution in [1.29, 1.82) is 0 Å². The average Bonchev–Trinajstić information content (AvgIpc) is 2.52. The molecule has 0 fully saturated rings. The molecule has 2 heterocycles. The number of hydrogen-bond donors (Lipinski definition) is 0. The molecular formula is C18H26Br2N2. The predicted molar refractivity (Wildman–Crippen MR) is 93.6 cm³/mol. The van der Waals surface area contributed by atoms with Crippen LogP contribution in [0, 0.1) is 0 Å². The molecule has 0 spiro atoms. The van der Waals surface area contributed by atoms with E-state index in [1.54, 1.807) is 0 Å². The molecule has 4 heteroatoms. The predicted octanol–water partition coefficient (Wildman–Crippen LogP) is 1.98. The van der Waals surface area contributed by atoms with Gasteiger partial charge in [0.1, 0.15) is 6.54 Å². The van der Waals surface area contributed by atoms with Crippen LogP contribution in [0.25, 0.3) is 11.1 Å². The number of aryl methyl sites for hydroxylation is 1. The Labute approximate surface area is 155 Å². The molecule has 0 saturated carbocycles. The molecule has 0 aliphatic carbocycles. The zero-order chi connectivity index (χ0) is 14.0. The Hall–Kier alpha value is -0.740. The van der Waals surface area contributed by atoms with Crippen LogP contribution in [0.3, 0.4) is 0 Å². The van der Waals surface area contributed by atoms with Gasteiger partial charge in [-0.3, -0.25) is 4.98 Å². The molecule has 2 rings (SSSR count). The third kappa shape index (κ3) is 7.50. The van der Waals surface area contributed by atoms with Gasteiger partial charge in [-0.1, -0.05) is 32.6 Å². The van der Waals surface area contributed by atoms with E-state index in [9.17, 15) is 0 Å². The normalized spacial score (nSPS) is 9.68. The van der Waals surface area contributed by atoms with E-state index >= 15 is 0 Å². The van der Waals surface area contributed by atoms with Crippen LogP contribution in [0.2, 0.25) is 0 Å². The van der Waals surface area contributed by atoms with Crippen molar-refractivity contribution in [1.82, 2.24) is 4.98 Å². The number of nitrogens with zero attached hydrogens (tertiary/aromatic N) is 2.